The molecule has 3 heterocycles. The van der Waals surface area contributed by atoms with Gasteiger partial charge in [-0.1, -0.05) is 12.8 Å². The van der Waals surface area contributed by atoms with Crippen molar-refractivity contribution in [1.29, 1.82) is 0 Å². The largest absolute Gasteiger partial charge is 0.378 e. The van der Waals surface area contributed by atoms with E-state index in [1.54, 1.807) is 4.68 Å². The van der Waals surface area contributed by atoms with Gasteiger partial charge in [0.15, 0.2) is 5.82 Å². The molecule has 1 aromatic rings. The normalized spacial score (nSPS) is 22.5. The number of nitrogens with zero attached hydrogens (tertiary/aromatic N) is 5. The van der Waals surface area contributed by atoms with E-state index in [1.807, 2.05) is 0 Å². The number of tetrazole rings is 1. The van der Waals surface area contributed by atoms with Crippen molar-refractivity contribution in [1.82, 2.24) is 30.4 Å². The first-order chi connectivity index (χ1) is 12.3. The third-order valence-corrected chi connectivity index (χ3v) is 5.03. The van der Waals surface area contributed by atoms with E-state index in [1.165, 1.54) is 32.1 Å². The highest BCUT2D eigenvalue weighted by Gasteiger charge is 2.17. The van der Waals surface area contributed by atoms with Crippen molar-refractivity contribution in [2.45, 2.75) is 70.6 Å². The third kappa shape index (κ3) is 6.04. The predicted octanol–water partition coefficient (Wildman–Crippen LogP) is 1.12. The summed E-state index contributed by atoms with van der Waals surface area (Å²) < 4.78 is 7.31. The van der Waals surface area contributed by atoms with Crippen LogP contribution in [0.3, 0.4) is 0 Å². The Morgan fingerprint density at radius 1 is 1.16 bits per heavy atom. The monoisotopic (exact) mass is 350 g/mol. The molecule has 25 heavy (non-hydrogen) atoms. The summed E-state index contributed by atoms with van der Waals surface area (Å²) in [6.45, 7) is 4.56. The lowest BCUT2D eigenvalue weighted by Gasteiger charge is -2.22. The zero-order valence-electron chi connectivity index (χ0n) is 15.0. The van der Waals surface area contributed by atoms with E-state index in [0.29, 0.717) is 12.6 Å². The van der Waals surface area contributed by atoms with Crippen LogP contribution in [0.1, 0.15) is 57.2 Å². The molecule has 0 aromatic carbocycles. The molecular weight excluding hydrogens is 320 g/mol. The molecule has 0 radical (unpaired) electrons. The number of likely N-dealkylation sites (tertiary alicyclic amines) is 1. The van der Waals surface area contributed by atoms with Gasteiger partial charge in [0.05, 0.1) is 12.6 Å². The van der Waals surface area contributed by atoms with E-state index >= 15 is 0 Å². The molecular formula is C17H30N6O2. The first-order valence-corrected chi connectivity index (χ1v) is 9.67. The number of amides is 1. The van der Waals surface area contributed by atoms with Gasteiger partial charge in [0.1, 0.15) is 6.54 Å². The van der Waals surface area contributed by atoms with Crippen molar-refractivity contribution in [2.24, 2.45) is 0 Å². The highest BCUT2D eigenvalue weighted by Crippen LogP contribution is 2.15. The number of hydrogen-bond donors (Lipinski definition) is 1. The molecule has 1 N–H and O–H groups in total. The van der Waals surface area contributed by atoms with Gasteiger partial charge in [-0.25, -0.2) is 4.68 Å². The zero-order chi connectivity index (χ0) is 17.3. The summed E-state index contributed by atoms with van der Waals surface area (Å²) in [5.41, 5.74) is 0. The van der Waals surface area contributed by atoms with E-state index in [2.05, 4.69) is 25.7 Å². The van der Waals surface area contributed by atoms with Crippen LogP contribution in [0.5, 0.6) is 0 Å². The Kier molecular flexibility index (Phi) is 7.17. The van der Waals surface area contributed by atoms with Gasteiger partial charge in [-0.15, -0.1) is 5.10 Å². The van der Waals surface area contributed by atoms with Crippen LogP contribution in [0, 0.1) is 0 Å². The van der Waals surface area contributed by atoms with E-state index < -0.39 is 0 Å². The fraction of sp³-hybridized carbons (Fsp3) is 0.882. The first-order valence-electron chi connectivity index (χ1n) is 9.67. The van der Waals surface area contributed by atoms with Gasteiger partial charge in [0, 0.05) is 13.2 Å². The Hall–Kier alpha value is -1.54. The van der Waals surface area contributed by atoms with Gasteiger partial charge in [-0.05, 0) is 62.0 Å². The molecule has 1 aromatic heterocycles. The van der Waals surface area contributed by atoms with Gasteiger partial charge < -0.3 is 10.1 Å². The number of rotatable bonds is 7. The van der Waals surface area contributed by atoms with E-state index in [4.69, 9.17) is 4.74 Å². The molecule has 1 amide bonds. The van der Waals surface area contributed by atoms with Crippen molar-refractivity contribution in [3.63, 3.8) is 0 Å². The van der Waals surface area contributed by atoms with Gasteiger partial charge in [0.25, 0.3) is 0 Å². The maximum absolute atomic E-state index is 12.2. The summed E-state index contributed by atoms with van der Waals surface area (Å²) in [7, 11) is 0. The standard InChI is InChI=1S/C17H30N6O2/c24-17(18-9-8-15-7-3-6-12-25-15)14-23-16(19-20-21-23)13-22-10-4-1-2-5-11-22/h15H,1-14H2,(H,18,24)/t15-/m0/s1. The smallest absolute Gasteiger partial charge is 0.241 e. The SMILES string of the molecule is O=C(Cn1nnnc1CN1CCCCCC1)NCC[C@@H]1CCCCO1. The number of carbonyl (C=O) groups is 1. The average molecular weight is 350 g/mol. The summed E-state index contributed by atoms with van der Waals surface area (Å²) in [5.74, 6) is 0.730. The van der Waals surface area contributed by atoms with Crippen LogP contribution < -0.4 is 5.32 Å². The predicted molar refractivity (Wildman–Crippen MR) is 92.8 cm³/mol. The minimum absolute atomic E-state index is 0.0415. The lowest BCUT2D eigenvalue weighted by atomic mass is 10.1. The van der Waals surface area contributed by atoms with E-state index in [9.17, 15) is 4.79 Å². The van der Waals surface area contributed by atoms with Crippen LogP contribution in [0.15, 0.2) is 0 Å². The summed E-state index contributed by atoms with van der Waals surface area (Å²) in [5, 5.41) is 14.8. The second-order valence-corrected chi connectivity index (χ2v) is 7.07. The van der Waals surface area contributed by atoms with Gasteiger partial charge in [-0.2, -0.15) is 0 Å². The second-order valence-electron chi connectivity index (χ2n) is 7.07. The molecule has 140 valence electrons. The molecule has 2 aliphatic heterocycles. The number of nitrogens with one attached hydrogen (secondary N) is 1. The van der Waals surface area contributed by atoms with E-state index in [0.717, 1.165) is 51.3 Å². The van der Waals surface area contributed by atoms with Crippen LogP contribution in [0.4, 0.5) is 0 Å². The summed E-state index contributed by atoms with van der Waals surface area (Å²) in [6, 6.07) is 0. The Morgan fingerprint density at radius 2 is 2.00 bits per heavy atom. The topological polar surface area (TPSA) is 85.2 Å². The molecule has 0 bridgehead atoms. The molecule has 2 aliphatic rings. The van der Waals surface area contributed by atoms with Crippen molar-refractivity contribution in [2.75, 3.05) is 26.2 Å². The molecule has 1 atom stereocenters. The Morgan fingerprint density at radius 3 is 2.76 bits per heavy atom. The quantitative estimate of drug-likeness (QED) is 0.793. The maximum Gasteiger partial charge on any atom is 0.241 e. The van der Waals surface area contributed by atoms with Gasteiger partial charge in [-0.3, -0.25) is 9.69 Å². The van der Waals surface area contributed by atoms with Gasteiger partial charge >= 0.3 is 0 Å². The van der Waals surface area contributed by atoms with Crippen molar-refractivity contribution in [3.05, 3.63) is 5.82 Å². The van der Waals surface area contributed by atoms with Crippen LogP contribution >= 0.6 is 0 Å². The minimum atomic E-state index is -0.0415. The maximum atomic E-state index is 12.2. The molecule has 8 nitrogen and oxygen atoms in total. The van der Waals surface area contributed by atoms with Crippen LogP contribution in [-0.4, -0.2) is 63.4 Å². The summed E-state index contributed by atoms with van der Waals surface area (Å²) in [6.07, 6.45) is 9.70. The fourth-order valence-electron chi connectivity index (χ4n) is 3.55. The number of carbonyl (C=O) groups excluding carboxylic acids is 1. The number of hydrogen-bond acceptors (Lipinski definition) is 6. The van der Waals surface area contributed by atoms with E-state index in [-0.39, 0.29) is 12.5 Å². The molecule has 2 fully saturated rings. The molecule has 0 aliphatic carbocycles. The fourth-order valence-corrected chi connectivity index (χ4v) is 3.55. The summed E-state index contributed by atoms with van der Waals surface area (Å²) in [4.78, 5) is 14.6. The lowest BCUT2D eigenvalue weighted by Crippen LogP contribution is -2.33. The van der Waals surface area contributed by atoms with Crippen LogP contribution in [0.2, 0.25) is 0 Å². The van der Waals surface area contributed by atoms with Crippen molar-refractivity contribution >= 4 is 5.91 Å². The molecule has 8 heteroatoms. The zero-order valence-corrected chi connectivity index (χ0v) is 15.0. The van der Waals surface area contributed by atoms with Crippen molar-refractivity contribution < 1.29 is 9.53 Å². The van der Waals surface area contributed by atoms with Crippen LogP contribution in [0.25, 0.3) is 0 Å². The number of ether oxygens (including phenoxy) is 1. The second kappa shape index (κ2) is 9.82. The average Bonchev–Trinajstić information content (AvgIpc) is 2.89. The third-order valence-electron chi connectivity index (χ3n) is 5.03. The molecule has 0 unspecified atom stereocenters. The lowest BCUT2D eigenvalue weighted by molar-refractivity contribution is -0.122. The van der Waals surface area contributed by atoms with Crippen molar-refractivity contribution in [3.8, 4) is 0 Å². The Bertz CT molecular complexity index is 521. The van der Waals surface area contributed by atoms with Gasteiger partial charge in [0.2, 0.25) is 5.91 Å². The molecule has 2 saturated heterocycles. The van der Waals surface area contributed by atoms with Crippen LogP contribution in [-0.2, 0) is 22.6 Å². The highest BCUT2D eigenvalue weighted by molar-refractivity contribution is 5.75. The Balaban J connectivity index is 1.41. The molecule has 0 saturated carbocycles. The Labute approximate surface area is 149 Å². The number of aromatic nitrogens is 4. The molecule has 3 rings (SSSR count). The first kappa shape index (κ1) is 18.3. The molecule has 0 spiro atoms. The highest BCUT2D eigenvalue weighted by atomic mass is 16.5. The summed E-state index contributed by atoms with van der Waals surface area (Å²) >= 11 is 0. The minimum Gasteiger partial charge on any atom is -0.378 e.